The van der Waals surface area contributed by atoms with E-state index in [1.807, 2.05) is 12.1 Å². The number of rotatable bonds is 0. The largest absolute Gasteiger partial charge is 0.469 e. The zero-order valence-electron chi connectivity index (χ0n) is 7.33. The van der Waals surface area contributed by atoms with Gasteiger partial charge < -0.3 is 4.42 Å². The highest BCUT2D eigenvalue weighted by molar-refractivity contribution is 6.29. The Morgan fingerprint density at radius 2 is 2.21 bits per heavy atom. The van der Waals surface area contributed by atoms with E-state index in [1.165, 1.54) is 0 Å². The summed E-state index contributed by atoms with van der Waals surface area (Å²) in [5.74, 6) is 0.995. The first-order valence-electron chi connectivity index (χ1n) is 4.43. The van der Waals surface area contributed by atoms with Gasteiger partial charge in [0.25, 0.3) is 0 Å². The first-order valence-corrected chi connectivity index (χ1v) is 4.81. The van der Waals surface area contributed by atoms with Gasteiger partial charge in [0, 0.05) is 12.0 Å². The molecule has 0 saturated heterocycles. The van der Waals surface area contributed by atoms with Crippen LogP contribution >= 0.6 is 11.6 Å². The molecule has 0 saturated carbocycles. The molecule has 4 heteroatoms. The third-order valence-corrected chi connectivity index (χ3v) is 2.65. The Balaban J connectivity index is 2.26. The summed E-state index contributed by atoms with van der Waals surface area (Å²) < 4.78 is 5.34. The molecule has 1 aliphatic carbocycles. The molecule has 0 aliphatic heterocycles. The molecule has 0 unspecified atom stereocenters. The quantitative estimate of drug-likeness (QED) is 0.665. The van der Waals surface area contributed by atoms with Crippen LogP contribution in [-0.4, -0.2) is 10.2 Å². The van der Waals surface area contributed by atoms with Crippen LogP contribution in [0.25, 0.3) is 11.3 Å². The Morgan fingerprint density at radius 1 is 1.29 bits per heavy atom. The van der Waals surface area contributed by atoms with E-state index >= 15 is 0 Å². The van der Waals surface area contributed by atoms with Gasteiger partial charge in [-0.1, -0.05) is 11.6 Å². The SMILES string of the molecule is Clc1cc2c(nn1)-c1ccoc1CC2. The van der Waals surface area contributed by atoms with Gasteiger partial charge in [-0.2, -0.15) is 0 Å². The van der Waals surface area contributed by atoms with Crippen molar-refractivity contribution in [3.63, 3.8) is 0 Å². The number of fused-ring (bicyclic) bond motifs is 3. The van der Waals surface area contributed by atoms with Crippen LogP contribution in [0.1, 0.15) is 11.3 Å². The van der Waals surface area contributed by atoms with Crippen LogP contribution in [0.15, 0.2) is 22.8 Å². The zero-order valence-corrected chi connectivity index (χ0v) is 8.08. The number of aryl methyl sites for hydroxylation is 2. The number of hydrogen-bond donors (Lipinski definition) is 0. The summed E-state index contributed by atoms with van der Waals surface area (Å²) >= 11 is 5.78. The van der Waals surface area contributed by atoms with Crippen LogP contribution in [0.5, 0.6) is 0 Å². The minimum Gasteiger partial charge on any atom is -0.469 e. The molecule has 3 nitrogen and oxygen atoms in total. The van der Waals surface area contributed by atoms with Crippen molar-refractivity contribution < 1.29 is 4.42 Å². The van der Waals surface area contributed by atoms with Crippen LogP contribution < -0.4 is 0 Å². The lowest BCUT2D eigenvalue weighted by molar-refractivity contribution is 0.506. The normalized spacial score (nSPS) is 13.5. The van der Waals surface area contributed by atoms with Crippen LogP contribution in [0, 0.1) is 0 Å². The first kappa shape index (κ1) is 8.00. The van der Waals surface area contributed by atoms with Gasteiger partial charge in [-0.25, -0.2) is 0 Å². The molecule has 2 aromatic heterocycles. The van der Waals surface area contributed by atoms with E-state index in [1.54, 1.807) is 6.26 Å². The van der Waals surface area contributed by atoms with E-state index < -0.39 is 0 Å². The summed E-state index contributed by atoms with van der Waals surface area (Å²) in [6, 6.07) is 3.80. The van der Waals surface area contributed by atoms with E-state index in [0.29, 0.717) is 5.15 Å². The highest BCUT2D eigenvalue weighted by atomic mass is 35.5. The van der Waals surface area contributed by atoms with Gasteiger partial charge in [0.05, 0.1) is 12.0 Å². The molecule has 0 radical (unpaired) electrons. The van der Waals surface area contributed by atoms with Crippen LogP contribution in [0.3, 0.4) is 0 Å². The summed E-state index contributed by atoms with van der Waals surface area (Å²) in [5, 5.41) is 8.39. The molecule has 0 bridgehead atoms. The van der Waals surface area contributed by atoms with Crippen molar-refractivity contribution in [2.75, 3.05) is 0 Å². The van der Waals surface area contributed by atoms with Crippen LogP contribution in [0.2, 0.25) is 5.15 Å². The molecule has 70 valence electrons. The second-order valence-electron chi connectivity index (χ2n) is 3.30. The Morgan fingerprint density at radius 3 is 3.14 bits per heavy atom. The van der Waals surface area contributed by atoms with Gasteiger partial charge >= 0.3 is 0 Å². The summed E-state index contributed by atoms with van der Waals surface area (Å²) in [4.78, 5) is 0. The number of aromatic nitrogens is 2. The molecule has 0 N–H and O–H groups in total. The zero-order chi connectivity index (χ0) is 9.54. The highest BCUT2D eigenvalue weighted by Gasteiger charge is 2.20. The minimum atomic E-state index is 0.454. The fourth-order valence-corrected chi connectivity index (χ4v) is 1.98. The number of halogens is 1. The lowest BCUT2D eigenvalue weighted by Crippen LogP contribution is -2.04. The fraction of sp³-hybridized carbons (Fsp3) is 0.200. The predicted molar refractivity (Wildman–Crippen MR) is 52.2 cm³/mol. The smallest absolute Gasteiger partial charge is 0.152 e. The van der Waals surface area contributed by atoms with Crippen molar-refractivity contribution >= 4 is 11.6 Å². The number of nitrogens with zero attached hydrogens (tertiary/aromatic N) is 2. The summed E-state index contributed by atoms with van der Waals surface area (Å²) in [5.41, 5.74) is 3.11. The lowest BCUT2D eigenvalue weighted by Gasteiger charge is -2.12. The molecule has 0 aromatic carbocycles. The maximum atomic E-state index is 5.78. The van der Waals surface area contributed by atoms with Gasteiger partial charge in [-0.3, -0.25) is 0 Å². The first-order chi connectivity index (χ1) is 6.84. The molecular formula is C10H7ClN2O. The lowest BCUT2D eigenvalue weighted by atomic mass is 9.95. The van der Waals surface area contributed by atoms with Crippen molar-refractivity contribution in [1.82, 2.24) is 10.2 Å². The summed E-state index contributed by atoms with van der Waals surface area (Å²) in [6.07, 6.45) is 3.53. The van der Waals surface area contributed by atoms with E-state index in [9.17, 15) is 0 Å². The summed E-state index contributed by atoms with van der Waals surface area (Å²) in [6.45, 7) is 0. The Kier molecular flexibility index (Phi) is 1.61. The summed E-state index contributed by atoms with van der Waals surface area (Å²) in [7, 11) is 0. The molecule has 0 atom stereocenters. The third-order valence-electron chi connectivity index (χ3n) is 2.46. The van der Waals surface area contributed by atoms with Crippen molar-refractivity contribution in [3.8, 4) is 11.3 Å². The average Bonchev–Trinajstić information content (AvgIpc) is 2.65. The Hall–Kier alpha value is -1.35. The van der Waals surface area contributed by atoms with E-state index in [4.69, 9.17) is 16.0 Å². The second-order valence-corrected chi connectivity index (χ2v) is 3.69. The van der Waals surface area contributed by atoms with Gasteiger partial charge in [0.15, 0.2) is 5.15 Å². The highest BCUT2D eigenvalue weighted by Crippen LogP contribution is 2.32. The molecule has 0 spiro atoms. The van der Waals surface area contributed by atoms with Gasteiger partial charge in [0.2, 0.25) is 0 Å². The van der Waals surface area contributed by atoms with Crippen LogP contribution in [0.4, 0.5) is 0 Å². The molecule has 2 aromatic rings. The molecule has 14 heavy (non-hydrogen) atoms. The van der Waals surface area contributed by atoms with Crippen molar-refractivity contribution in [1.29, 1.82) is 0 Å². The molecule has 3 rings (SSSR count). The number of hydrogen-bond acceptors (Lipinski definition) is 3. The Bertz CT molecular complexity index is 493. The van der Waals surface area contributed by atoms with Crippen LogP contribution in [-0.2, 0) is 12.8 Å². The molecular weight excluding hydrogens is 200 g/mol. The number of furan rings is 1. The maximum Gasteiger partial charge on any atom is 0.152 e. The van der Waals surface area contributed by atoms with E-state index in [0.717, 1.165) is 35.4 Å². The monoisotopic (exact) mass is 206 g/mol. The minimum absolute atomic E-state index is 0.454. The van der Waals surface area contributed by atoms with Gasteiger partial charge in [0.1, 0.15) is 5.76 Å². The topological polar surface area (TPSA) is 38.9 Å². The molecule has 1 aliphatic rings. The van der Waals surface area contributed by atoms with Crippen molar-refractivity contribution in [3.05, 3.63) is 34.9 Å². The van der Waals surface area contributed by atoms with Crippen molar-refractivity contribution in [2.45, 2.75) is 12.8 Å². The predicted octanol–water partition coefficient (Wildman–Crippen LogP) is 2.49. The van der Waals surface area contributed by atoms with E-state index in [2.05, 4.69) is 10.2 Å². The van der Waals surface area contributed by atoms with Crippen molar-refractivity contribution in [2.24, 2.45) is 0 Å². The van der Waals surface area contributed by atoms with Gasteiger partial charge in [-0.15, -0.1) is 10.2 Å². The fourth-order valence-electron chi connectivity index (χ4n) is 1.81. The standard InChI is InChI=1S/C10H7ClN2O/c11-9-5-6-1-2-8-7(3-4-14-8)10(6)13-12-9/h3-5H,1-2H2. The average molecular weight is 207 g/mol. The second kappa shape index (κ2) is 2.82. The van der Waals surface area contributed by atoms with E-state index in [-0.39, 0.29) is 0 Å². The molecule has 0 fully saturated rings. The molecule has 2 heterocycles. The third kappa shape index (κ3) is 1.06. The maximum absolute atomic E-state index is 5.78. The van der Waals surface area contributed by atoms with Gasteiger partial charge in [-0.05, 0) is 24.1 Å². The molecule has 0 amide bonds. The Labute approximate surface area is 85.7 Å².